The van der Waals surface area contributed by atoms with Gasteiger partial charge in [-0.3, -0.25) is 20.3 Å². The van der Waals surface area contributed by atoms with Crippen molar-refractivity contribution in [2.24, 2.45) is 0 Å². The standard InChI is InChI=1S/C25H30FN3O6/c1-7-34-19-11-15-12-28(24(27)20(15)21(26)23(19)35-8-2)13-18(30)14-9-16(25(3,4)5)22(33-6)17(10-14)29(31)32/h9-11,27H,7-8,12-13H2,1-6H3. The van der Waals surface area contributed by atoms with E-state index in [0.29, 0.717) is 17.7 Å². The summed E-state index contributed by atoms with van der Waals surface area (Å²) in [6.07, 6.45) is 0. The van der Waals surface area contributed by atoms with E-state index in [1.54, 1.807) is 26.0 Å². The molecule has 0 bridgehead atoms. The van der Waals surface area contributed by atoms with Crippen LogP contribution in [0.1, 0.15) is 61.7 Å². The molecule has 0 fully saturated rings. The van der Waals surface area contributed by atoms with E-state index in [9.17, 15) is 14.9 Å². The van der Waals surface area contributed by atoms with Gasteiger partial charge in [0.25, 0.3) is 0 Å². The Morgan fingerprint density at radius 2 is 1.83 bits per heavy atom. The summed E-state index contributed by atoms with van der Waals surface area (Å²) in [6.45, 7) is 9.48. The number of nitrogens with one attached hydrogen (secondary N) is 1. The molecule has 0 spiro atoms. The van der Waals surface area contributed by atoms with Gasteiger partial charge >= 0.3 is 5.69 Å². The topological polar surface area (TPSA) is 115 Å². The van der Waals surface area contributed by atoms with Crippen LogP contribution in [0.15, 0.2) is 18.2 Å². The van der Waals surface area contributed by atoms with E-state index in [1.807, 2.05) is 20.8 Å². The number of nitro groups is 1. The molecule has 2 aromatic rings. The summed E-state index contributed by atoms with van der Waals surface area (Å²) in [5.41, 5.74) is 0.362. The second kappa shape index (κ2) is 9.89. The quantitative estimate of drug-likeness (QED) is 0.305. The Morgan fingerprint density at radius 1 is 1.17 bits per heavy atom. The highest BCUT2D eigenvalue weighted by Gasteiger charge is 2.34. The number of ketones is 1. The van der Waals surface area contributed by atoms with Crippen LogP contribution in [0.25, 0.3) is 0 Å². The molecule has 3 rings (SSSR count). The average molecular weight is 488 g/mol. The van der Waals surface area contributed by atoms with Crippen LogP contribution in [0.5, 0.6) is 17.2 Å². The molecule has 188 valence electrons. The molecule has 1 aliphatic heterocycles. The first-order chi connectivity index (χ1) is 16.4. The maximum atomic E-state index is 15.3. The molecule has 1 heterocycles. The number of benzene rings is 2. The van der Waals surface area contributed by atoms with E-state index in [2.05, 4.69) is 0 Å². The van der Waals surface area contributed by atoms with Gasteiger partial charge < -0.3 is 19.1 Å². The molecule has 0 saturated heterocycles. The lowest BCUT2D eigenvalue weighted by molar-refractivity contribution is -0.385. The molecule has 35 heavy (non-hydrogen) atoms. The van der Waals surface area contributed by atoms with Crippen LogP contribution in [-0.4, -0.2) is 48.3 Å². The Morgan fingerprint density at radius 3 is 2.37 bits per heavy atom. The number of hydrogen-bond donors (Lipinski definition) is 1. The zero-order valence-electron chi connectivity index (χ0n) is 20.8. The van der Waals surface area contributed by atoms with Gasteiger partial charge in [-0.2, -0.15) is 0 Å². The van der Waals surface area contributed by atoms with Crippen molar-refractivity contribution in [2.75, 3.05) is 26.9 Å². The number of carbonyl (C=O) groups is 1. The average Bonchev–Trinajstić information content (AvgIpc) is 3.09. The zero-order valence-corrected chi connectivity index (χ0v) is 20.8. The zero-order chi connectivity index (χ0) is 26.1. The molecular formula is C25H30FN3O6. The summed E-state index contributed by atoms with van der Waals surface area (Å²) >= 11 is 0. The monoisotopic (exact) mass is 487 g/mol. The molecule has 2 aromatic carbocycles. The second-order valence-corrected chi connectivity index (χ2v) is 9.13. The lowest BCUT2D eigenvalue weighted by Gasteiger charge is -2.23. The van der Waals surface area contributed by atoms with Gasteiger partial charge in [-0.15, -0.1) is 0 Å². The van der Waals surface area contributed by atoms with Crippen molar-refractivity contribution >= 4 is 17.3 Å². The molecule has 0 amide bonds. The van der Waals surface area contributed by atoms with E-state index < -0.39 is 21.9 Å². The Bertz CT molecular complexity index is 1190. The summed E-state index contributed by atoms with van der Waals surface area (Å²) in [6, 6.07) is 4.40. The summed E-state index contributed by atoms with van der Waals surface area (Å²) in [5, 5.41) is 20.2. The number of methoxy groups -OCH3 is 1. The first kappa shape index (κ1) is 25.9. The minimum Gasteiger partial charge on any atom is -0.490 e. The van der Waals surface area contributed by atoms with Crippen LogP contribution in [0.4, 0.5) is 10.1 Å². The van der Waals surface area contributed by atoms with Gasteiger partial charge in [-0.25, -0.2) is 4.39 Å². The number of amidine groups is 1. The van der Waals surface area contributed by atoms with Crippen molar-refractivity contribution in [2.45, 2.75) is 46.6 Å². The van der Waals surface area contributed by atoms with Gasteiger partial charge in [-0.1, -0.05) is 20.8 Å². The normalized spacial score (nSPS) is 13.0. The highest BCUT2D eigenvalue weighted by atomic mass is 19.1. The SMILES string of the molecule is CCOc1cc2c(c(F)c1OCC)C(=N)N(CC(=O)c1cc([N+](=O)[O-])c(OC)c(C(C)(C)C)c1)C2. The van der Waals surface area contributed by atoms with E-state index in [-0.39, 0.29) is 59.6 Å². The van der Waals surface area contributed by atoms with Gasteiger partial charge in [-0.05, 0) is 37.0 Å². The number of nitro benzene ring substituents is 1. The fourth-order valence-corrected chi connectivity index (χ4v) is 4.11. The Hall–Kier alpha value is -3.69. The van der Waals surface area contributed by atoms with Crippen LogP contribution < -0.4 is 14.2 Å². The van der Waals surface area contributed by atoms with Gasteiger partial charge in [0.2, 0.25) is 5.75 Å². The molecule has 0 saturated carbocycles. The number of rotatable bonds is 9. The third-order valence-corrected chi connectivity index (χ3v) is 5.71. The molecule has 9 nitrogen and oxygen atoms in total. The second-order valence-electron chi connectivity index (χ2n) is 9.13. The fourth-order valence-electron chi connectivity index (χ4n) is 4.11. The molecule has 1 N–H and O–H groups in total. The Labute approximate surface area is 203 Å². The van der Waals surface area contributed by atoms with Crippen molar-refractivity contribution in [3.05, 3.63) is 56.4 Å². The summed E-state index contributed by atoms with van der Waals surface area (Å²) in [5.74, 6) is -1.01. The van der Waals surface area contributed by atoms with E-state index in [0.717, 1.165) is 0 Å². The maximum Gasteiger partial charge on any atom is 0.311 e. The number of hydrogen-bond acceptors (Lipinski definition) is 7. The van der Waals surface area contributed by atoms with E-state index >= 15 is 4.39 Å². The molecule has 1 aliphatic rings. The number of Topliss-reactive ketones (excluding diaryl/α,β-unsaturated/α-hetero) is 1. The van der Waals surface area contributed by atoms with Crippen molar-refractivity contribution in [1.29, 1.82) is 5.41 Å². The Balaban J connectivity index is 1.97. The van der Waals surface area contributed by atoms with Gasteiger partial charge in [0.1, 0.15) is 5.84 Å². The van der Waals surface area contributed by atoms with Crippen molar-refractivity contribution in [1.82, 2.24) is 4.90 Å². The van der Waals surface area contributed by atoms with Gasteiger partial charge in [0.15, 0.2) is 23.1 Å². The molecule has 0 atom stereocenters. The first-order valence-electron chi connectivity index (χ1n) is 11.3. The number of halogens is 1. The van der Waals surface area contributed by atoms with E-state index in [4.69, 9.17) is 19.6 Å². The first-order valence-corrected chi connectivity index (χ1v) is 11.3. The van der Waals surface area contributed by atoms with E-state index in [1.165, 1.54) is 18.1 Å². The summed E-state index contributed by atoms with van der Waals surface area (Å²) in [4.78, 5) is 25.8. The van der Waals surface area contributed by atoms with Crippen LogP contribution >= 0.6 is 0 Å². The van der Waals surface area contributed by atoms with Crippen LogP contribution in [0, 0.1) is 21.3 Å². The molecule has 0 aromatic heterocycles. The fraction of sp³-hybridized carbons (Fsp3) is 0.440. The molecule has 0 aliphatic carbocycles. The summed E-state index contributed by atoms with van der Waals surface area (Å²) in [7, 11) is 1.35. The summed E-state index contributed by atoms with van der Waals surface area (Å²) < 4.78 is 31.5. The van der Waals surface area contributed by atoms with Crippen LogP contribution in [0.3, 0.4) is 0 Å². The highest BCUT2D eigenvalue weighted by Crippen LogP contribution is 2.41. The number of ether oxygens (including phenoxy) is 3. The third kappa shape index (κ3) is 4.91. The predicted molar refractivity (Wildman–Crippen MR) is 129 cm³/mol. The van der Waals surface area contributed by atoms with Crippen LogP contribution in [-0.2, 0) is 12.0 Å². The third-order valence-electron chi connectivity index (χ3n) is 5.71. The van der Waals surface area contributed by atoms with Gasteiger partial charge in [0, 0.05) is 23.7 Å². The maximum absolute atomic E-state index is 15.3. The lowest BCUT2D eigenvalue weighted by atomic mass is 9.84. The molecule has 0 radical (unpaired) electrons. The minimum atomic E-state index is -0.706. The molecule has 10 heteroatoms. The Kier molecular flexibility index (Phi) is 7.33. The minimum absolute atomic E-state index is 0.0563. The predicted octanol–water partition coefficient (Wildman–Crippen LogP) is 4.86. The van der Waals surface area contributed by atoms with Crippen molar-refractivity contribution in [3.8, 4) is 17.2 Å². The molecule has 0 unspecified atom stereocenters. The van der Waals surface area contributed by atoms with Gasteiger partial charge in [0.05, 0.1) is 37.4 Å². The molecular weight excluding hydrogens is 457 g/mol. The van der Waals surface area contributed by atoms with Crippen LogP contribution in [0.2, 0.25) is 0 Å². The lowest BCUT2D eigenvalue weighted by Crippen LogP contribution is -2.30. The van der Waals surface area contributed by atoms with Crippen molar-refractivity contribution < 1.29 is 28.3 Å². The smallest absolute Gasteiger partial charge is 0.311 e. The number of fused-ring (bicyclic) bond motifs is 1. The number of carbonyl (C=O) groups excluding carboxylic acids is 1. The largest absolute Gasteiger partial charge is 0.490 e. The van der Waals surface area contributed by atoms with Crippen molar-refractivity contribution in [3.63, 3.8) is 0 Å². The highest BCUT2D eigenvalue weighted by molar-refractivity contribution is 6.06. The number of nitrogens with zero attached hydrogens (tertiary/aromatic N) is 2.